The van der Waals surface area contributed by atoms with Gasteiger partial charge in [-0.25, -0.2) is 18.7 Å². The first-order valence-electron chi connectivity index (χ1n) is 10.1. The number of para-hydroxylation sites is 1. The second-order valence-corrected chi connectivity index (χ2v) is 8.51. The van der Waals surface area contributed by atoms with Crippen LogP contribution in [-0.4, -0.2) is 42.5 Å². The van der Waals surface area contributed by atoms with Gasteiger partial charge in [-0.3, -0.25) is 4.79 Å². The molecule has 1 amide bonds. The van der Waals surface area contributed by atoms with Gasteiger partial charge in [0.05, 0.1) is 22.2 Å². The number of carbonyl (C=O) groups excluding carboxylic acids is 1. The highest BCUT2D eigenvalue weighted by Crippen LogP contribution is 2.38. The van der Waals surface area contributed by atoms with Gasteiger partial charge in [0.2, 0.25) is 0 Å². The molecule has 1 N–H and O–H groups in total. The molecule has 0 spiro atoms. The molecule has 0 fully saturated rings. The average molecular weight is 464 g/mol. The van der Waals surface area contributed by atoms with Crippen molar-refractivity contribution in [2.75, 3.05) is 6.54 Å². The molecule has 0 saturated carbocycles. The van der Waals surface area contributed by atoms with E-state index in [0.29, 0.717) is 23.7 Å². The summed E-state index contributed by atoms with van der Waals surface area (Å²) in [6, 6.07) is 10.5. The van der Waals surface area contributed by atoms with Crippen LogP contribution in [0.2, 0.25) is 0 Å². The summed E-state index contributed by atoms with van der Waals surface area (Å²) >= 11 is 1.47. The predicted molar refractivity (Wildman–Crippen MR) is 114 cm³/mol. The zero-order chi connectivity index (χ0) is 22.5. The van der Waals surface area contributed by atoms with Crippen molar-refractivity contribution in [2.45, 2.75) is 12.5 Å². The third-order valence-corrected chi connectivity index (χ3v) is 6.60. The molecule has 33 heavy (non-hydrogen) atoms. The molecule has 1 atom stereocenters. The maximum Gasteiger partial charge on any atom is 0.312 e. The molecule has 164 valence electrons. The Bertz CT molecular complexity index is 1460. The van der Waals surface area contributed by atoms with E-state index in [4.69, 9.17) is 9.40 Å². The summed E-state index contributed by atoms with van der Waals surface area (Å²) < 4.78 is 34.7. The molecule has 0 bridgehead atoms. The van der Waals surface area contributed by atoms with Crippen LogP contribution in [0.25, 0.3) is 21.7 Å². The van der Waals surface area contributed by atoms with E-state index in [-0.39, 0.29) is 5.89 Å². The lowest BCUT2D eigenvalue weighted by atomic mass is 10.0. The normalized spacial score (nSPS) is 15.7. The van der Waals surface area contributed by atoms with Gasteiger partial charge in [-0.15, -0.1) is 21.5 Å². The molecule has 1 aliphatic heterocycles. The van der Waals surface area contributed by atoms with Gasteiger partial charge in [0, 0.05) is 18.7 Å². The van der Waals surface area contributed by atoms with E-state index in [1.807, 2.05) is 24.3 Å². The van der Waals surface area contributed by atoms with Crippen LogP contribution in [-0.2, 0) is 6.42 Å². The van der Waals surface area contributed by atoms with Gasteiger partial charge in [0.15, 0.2) is 0 Å². The molecule has 0 aliphatic carbocycles. The standard InChI is InChI=1S/C22H14F2N6O2S/c23-11-4-3-5-12(24)16(11)19-28-29-20(32-19)22(31)30-9-8-14-17(26-10-25-14)18(30)21-27-13-6-1-2-7-15(13)33-21/h1-7,10,18H,8-9H2,(H,25,26)/t18-/m0/s1. The first kappa shape index (κ1) is 19.7. The van der Waals surface area contributed by atoms with E-state index in [9.17, 15) is 13.6 Å². The Kier molecular flexibility index (Phi) is 4.50. The van der Waals surface area contributed by atoms with Crippen LogP contribution >= 0.6 is 11.3 Å². The van der Waals surface area contributed by atoms with Crippen molar-refractivity contribution in [2.24, 2.45) is 0 Å². The molecule has 0 radical (unpaired) electrons. The summed E-state index contributed by atoms with van der Waals surface area (Å²) in [6.07, 6.45) is 2.14. The topological polar surface area (TPSA) is 101 Å². The molecule has 1 aliphatic rings. The fourth-order valence-electron chi connectivity index (χ4n) is 3.99. The first-order chi connectivity index (χ1) is 16.1. The second kappa shape index (κ2) is 7.55. The molecule has 3 aromatic heterocycles. The summed E-state index contributed by atoms with van der Waals surface area (Å²) in [5.74, 6) is -3.04. The lowest BCUT2D eigenvalue weighted by Gasteiger charge is -2.32. The van der Waals surface area contributed by atoms with Crippen molar-refractivity contribution < 1.29 is 18.0 Å². The van der Waals surface area contributed by atoms with Crippen molar-refractivity contribution >= 4 is 27.5 Å². The number of hydrogen-bond acceptors (Lipinski definition) is 7. The number of nitrogens with zero attached hydrogens (tertiary/aromatic N) is 5. The van der Waals surface area contributed by atoms with Crippen LogP contribution in [0.5, 0.6) is 0 Å². The van der Waals surface area contributed by atoms with Gasteiger partial charge >= 0.3 is 11.8 Å². The van der Waals surface area contributed by atoms with Crippen molar-refractivity contribution in [1.29, 1.82) is 0 Å². The molecule has 5 aromatic rings. The van der Waals surface area contributed by atoms with E-state index in [1.165, 1.54) is 17.4 Å². The Balaban J connectivity index is 1.41. The van der Waals surface area contributed by atoms with Gasteiger partial charge < -0.3 is 14.3 Å². The lowest BCUT2D eigenvalue weighted by molar-refractivity contribution is 0.0650. The van der Waals surface area contributed by atoms with Crippen molar-refractivity contribution in [3.63, 3.8) is 0 Å². The Hall–Kier alpha value is -3.99. The largest absolute Gasteiger partial charge is 0.412 e. The summed E-state index contributed by atoms with van der Waals surface area (Å²) in [7, 11) is 0. The maximum absolute atomic E-state index is 14.1. The van der Waals surface area contributed by atoms with E-state index in [2.05, 4.69) is 20.2 Å². The number of carbonyl (C=O) groups is 1. The summed E-state index contributed by atoms with van der Waals surface area (Å²) in [4.78, 5) is 27.3. The van der Waals surface area contributed by atoms with Crippen LogP contribution < -0.4 is 0 Å². The number of imidazole rings is 1. The van der Waals surface area contributed by atoms with Crippen molar-refractivity contribution in [3.05, 3.63) is 82.7 Å². The summed E-state index contributed by atoms with van der Waals surface area (Å²) in [6.45, 7) is 0.348. The third-order valence-electron chi connectivity index (χ3n) is 5.51. The SMILES string of the molecule is O=C(c1nnc(-c2c(F)cccc2F)o1)N1CCc2[nH]cnc2[C@H]1c1nc2ccccc2s1. The van der Waals surface area contributed by atoms with Gasteiger partial charge in [-0.1, -0.05) is 18.2 Å². The van der Waals surface area contributed by atoms with Gasteiger partial charge in [0.25, 0.3) is 5.89 Å². The first-order valence-corrected chi connectivity index (χ1v) is 10.9. The molecular formula is C22H14F2N6O2S. The van der Waals surface area contributed by atoms with Gasteiger partial charge in [-0.05, 0) is 24.3 Å². The minimum atomic E-state index is -0.857. The predicted octanol–water partition coefficient (Wildman–Crippen LogP) is 4.14. The number of fused-ring (bicyclic) bond motifs is 2. The smallest absolute Gasteiger partial charge is 0.312 e. The lowest BCUT2D eigenvalue weighted by Crippen LogP contribution is -2.41. The second-order valence-electron chi connectivity index (χ2n) is 7.45. The number of H-pyrrole nitrogens is 1. The fraction of sp³-hybridized carbons (Fsp3) is 0.136. The van der Waals surface area contributed by atoms with Crippen LogP contribution in [0.15, 0.2) is 53.2 Å². The van der Waals surface area contributed by atoms with Gasteiger partial charge in [0.1, 0.15) is 28.2 Å². The van der Waals surface area contributed by atoms with E-state index in [0.717, 1.165) is 28.0 Å². The Labute approximate surface area is 188 Å². The highest BCUT2D eigenvalue weighted by Gasteiger charge is 2.38. The van der Waals surface area contributed by atoms with Crippen molar-refractivity contribution in [1.82, 2.24) is 30.0 Å². The number of aromatic amines is 1. The number of aromatic nitrogens is 5. The molecule has 4 heterocycles. The number of halogens is 2. The molecule has 0 unspecified atom stereocenters. The summed E-state index contributed by atoms with van der Waals surface area (Å²) in [5.41, 5.74) is 1.96. The van der Waals surface area contributed by atoms with E-state index in [1.54, 1.807) is 11.2 Å². The molecule has 2 aromatic carbocycles. The quantitative estimate of drug-likeness (QED) is 0.431. The minimum Gasteiger partial charge on any atom is -0.412 e. The highest BCUT2D eigenvalue weighted by atomic mass is 32.1. The zero-order valence-corrected chi connectivity index (χ0v) is 17.6. The van der Waals surface area contributed by atoms with Gasteiger partial charge in [-0.2, -0.15) is 0 Å². The van der Waals surface area contributed by atoms with Crippen LogP contribution in [0.3, 0.4) is 0 Å². The molecule has 6 rings (SSSR count). The molecule has 11 heteroatoms. The number of amides is 1. The molecule has 8 nitrogen and oxygen atoms in total. The maximum atomic E-state index is 14.1. The highest BCUT2D eigenvalue weighted by molar-refractivity contribution is 7.18. The third kappa shape index (κ3) is 3.20. The Morgan fingerprint density at radius 1 is 1.12 bits per heavy atom. The Morgan fingerprint density at radius 3 is 2.76 bits per heavy atom. The zero-order valence-electron chi connectivity index (χ0n) is 16.8. The van der Waals surface area contributed by atoms with Crippen molar-refractivity contribution in [3.8, 4) is 11.5 Å². The minimum absolute atomic E-state index is 0.348. The molecular weight excluding hydrogens is 450 g/mol. The Morgan fingerprint density at radius 2 is 1.94 bits per heavy atom. The molecule has 0 saturated heterocycles. The monoisotopic (exact) mass is 464 g/mol. The number of nitrogens with one attached hydrogen (secondary N) is 1. The van der Waals surface area contributed by atoms with Crippen LogP contribution in [0.4, 0.5) is 8.78 Å². The number of hydrogen-bond donors (Lipinski definition) is 1. The average Bonchev–Trinajstić information content (AvgIpc) is 3.56. The number of rotatable bonds is 3. The fourth-order valence-corrected chi connectivity index (χ4v) is 5.07. The van der Waals surface area contributed by atoms with E-state index < -0.39 is 35.0 Å². The van der Waals surface area contributed by atoms with Crippen LogP contribution in [0.1, 0.15) is 33.1 Å². The number of benzene rings is 2. The van der Waals surface area contributed by atoms with E-state index >= 15 is 0 Å². The number of thiazole rings is 1. The van der Waals surface area contributed by atoms with Crippen LogP contribution in [0, 0.1) is 11.6 Å². The summed E-state index contributed by atoms with van der Waals surface area (Å²) in [5, 5.41) is 8.18.